The molecule has 1 unspecified atom stereocenters. The van der Waals surface area contributed by atoms with Crippen molar-refractivity contribution in [3.63, 3.8) is 0 Å². The molecule has 0 fully saturated rings. The number of anilines is 1. The zero-order valence-electron chi connectivity index (χ0n) is 20.0. The minimum atomic E-state index is -0.198. The fourth-order valence-electron chi connectivity index (χ4n) is 4.96. The molecular formula is C28H32ClFN4. The Labute approximate surface area is 207 Å². The number of fused-ring (bicyclic) bond motifs is 2. The molecule has 0 amide bonds. The standard InChI is InChI=1S/C28H31FN4.ClH/c1-4-30-25(15-20-8-7-11-23(29)14-20)26-16-24-18(2)19(3)31-27(24)28(32-26)33-13-12-21-9-5-6-10-22(21)17-33;/h5-11,14,16,25,30-31H,4,12-13,15,17H2,1-3H3;1H. The second-order valence-corrected chi connectivity index (χ2v) is 9.05. The number of aromatic amines is 1. The minimum Gasteiger partial charge on any atom is -0.355 e. The molecule has 0 bridgehead atoms. The summed E-state index contributed by atoms with van der Waals surface area (Å²) in [5, 5.41) is 4.81. The first-order chi connectivity index (χ1) is 16.0. The van der Waals surface area contributed by atoms with Crippen molar-refractivity contribution in [2.75, 3.05) is 18.0 Å². The second kappa shape index (κ2) is 10.2. The molecule has 3 heterocycles. The Hall–Kier alpha value is -2.89. The molecule has 34 heavy (non-hydrogen) atoms. The van der Waals surface area contributed by atoms with Gasteiger partial charge in [0, 0.05) is 24.2 Å². The van der Waals surface area contributed by atoms with Gasteiger partial charge in [-0.05, 0) is 73.7 Å². The molecule has 178 valence electrons. The van der Waals surface area contributed by atoms with Crippen LogP contribution in [0.15, 0.2) is 54.6 Å². The van der Waals surface area contributed by atoms with Gasteiger partial charge >= 0.3 is 0 Å². The van der Waals surface area contributed by atoms with E-state index in [4.69, 9.17) is 4.98 Å². The van der Waals surface area contributed by atoms with Crippen molar-refractivity contribution >= 4 is 29.1 Å². The van der Waals surface area contributed by atoms with Gasteiger partial charge in [0.25, 0.3) is 0 Å². The molecular weight excluding hydrogens is 447 g/mol. The van der Waals surface area contributed by atoms with E-state index >= 15 is 0 Å². The van der Waals surface area contributed by atoms with Crippen LogP contribution in [0, 0.1) is 19.7 Å². The zero-order chi connectivity index (χ0) is 22.9. The molecule has 0 saturated heterocycles. The summed E-state index contributed by atoms with van der Waals surface area (Å²) in [5.41, 5.74) is 8.31. The first-order valence-electron chi connectivity index (χ1n) is 11.8. The third-order valence-corrected chi connectivity index (χ3v) is 6.87. The number of H-pyrrole nitrogens is 1. The van der Waals surface area contributed by atoms with Gasteiger partial charge in [-0.2, -0.15) is 0 Å². The van der Waals surface area contributed by atoms with Gasteiger partial charge in [0.15, 0.2) is 5.82 Å². The summed E-state index contributed by atoms with van der Waals surface area (Å²) in [6, 6.07) is 17.8. The molecule has 4 aromatic rings. The molecule has 4 nitrogen and oxygen atoms in total. The number of rotatable bonds is 6. The number of likely N-dealkylation sites (N-methyl/N-ethyl adjacent to an activating group) is 1. The van der Waals surface area contributed by atoms with Gasteiger partial charge in [-0.15, -0.1) is 12.4 Å². The van der Waals surface area contributed by atoms with E-state index in [1.54, 1.807) is 12.1 Å². The summed E-state index contributed by atoms with van der Waals surface area (Å²) in [4.78, 5) is 11.2. The lowest BCUT2D eigenvalue weighted by Crippen LogP contribution is -2.32. The molecule has 2 aromatic carbocycles. The normalized spacial score (nSPS) is 14.1. The topological polar surface area (TPSA) is 44.0 Å². The van der Waals surface area contributed by atoms with Crippen LogP contribution in [0.5, 0.6) is 0 Å². The van der Waals surface area contributed by atoms with Gasteiger partial charge in [-0.3, -0.25) is 0 Å². The molecule has 0 radical (unpaired) electrons. The van der Waals surface area contributed by atoms with Crippen LogP contribution < -0.4 is 10.2 Å². The maximum absolute atomic E-state index is 13.9. The van der Waals surface area contributed by atoms with Gasteiger partial charge in [0.2, 0.25) is 0 Å². The van der Waals surface area contributed by atoms with Crippen molar-refractivity contribution in [3.05, 3.63) is 94.1 Å². The van der Waals surface area contributed by atoms with Crippen molar-refractivity contribution in [2.24, 2.45) is 0 Å². The van der Waals surface area contributed by atoms with Gasteiger partial charge < -0.3 is 15.2 Å². The number of hydrogen-bond donors (Lipinski definition) is 2. The smallest absolute Gasteiger partial charge is 0.153 e. The van der Waals surface area contributed by atoms with Crippen LogP contribution in [-0.2, 0) is 19.4 Å². The van der Waals surface area contributed by atoms with E-state index in [-0.39, 0.29) is 24.3 Å². The van der Waals surface area contributed by atoms with Crippen LogP contribution in [-0.4, -0.2) is 23.1 Å². The Morgan fingerprint density at radius 2 is 1.88 bits per heavy atom. The van der Waals surface area contributed by atoms with Crippen molar-refractivity contribution in [3.8, 4) is 0 Å². The Bertz CT molecular complexity index is 1300. The molecule has 1 aliphatic heterocycles. The number of benzene rings is 2. The SMILES string of the molecule is CCNC(Cc1cccc(F)c1)c1cc2c(C)c(C)[nH]c2c(N2CCc3ccccc3C2)n1.Cl. The van der Waals surface area contributed by atoms with Crippen LogP contribution in [0.2, 0.25) is 0 Å². The van der Waals surface area contributed by atoms with Crippen molar-refractivity contribution < 1.29 is 4.39 Å². The maximum Gasteiger partial charge on any atom is 0.153 e. The predicted molar refractivity (Wildman–Crippen MR) is 141 cm³/mol. The number of aromatic nitrogens is 2. The molecule has 5 rings (SSSR count). The van der Waals surface area contributed by atoms with Crippen molar-refractivity contribution in [2.45, 2.75) is 46.2 Å². The van der Waals surface area contributed by atoms with Crippen molar-refractivity contribution in [1.29, 1.82) is 0 Å². The lowest BCUT2D eigenvalue weighted by molar-refractivity contribution is 0.534. The van der Waals surface area contributed by atoms with E-state index < -0.39 is 0 Å². The molecule has 1 atom stereocenters. The summed E-state index contributed by atoms with van der Waals surface area (Å²) in [7, 11) is 0. The number of nitrogens with one attached hydrogen (secondary N) is 2. The predicted octanol–water partition coefficient (Wildman–Crippen LogP) is 6.20. The summed E-state index contributed by atoms with van der Waals surface area (Å²) < 4.78 is 13.9. The molecule has 2 aromatic heterocycles. The minimum absolute atomic E-state index is 0. The first-order valence-corrected chi connectivity index (χ1v) is 11.8. The molecule has 6 heteroatoms. The molecule has 1 aliphatic rings. The summed E-state index contributed by atoms with van der Waals surface area (Å²) in [6.07, 6.45) is 1.71. The van der Waals surface area contributed by atoms with Crippen LogP contribution >= 0.6 is 12.4 Å². The van der Waals surface area contributed by atoms with Crippen LogP contribution in [0.4, 0.5) is 10.2 Å². The monoisotopic (exact) mass is 478 g/mol. The fourth-order valence-corrected chi connectivity index (χ4v) is 4.96. The lowest BCUT2D eigenvalue weighted by atomic mass is 9.99. The fraction of sp³-hybridized carbons (Fsp3) is 0.321. The van der Waals surface area contributed by atoms with E-state index in [1.165, 1.54) is 33.8 Å². The molecule has 2 N–H and O–H groups in total. The van der Waals surface area contributed by atoms with E-state index in [0.29, 0.717) is 6.42 Å². The van der Waals surface area contributed by atoms with E-state index in [2.05, 4.69) is 66.3 Å². The highest BCUT2D eigenvalue weighted by Crippen LogP contribution is 2.34. The van der Waals surface area contributed by atoms with Gasteiger partial charge in [0.05, 0.1) is 17.3 Å². The Balaban J connectivity index is 0.00000274. The molecule has 0 saturated carbocycles. The van der Waals surface area contributed by atoms with Gasteiger partial charge in [-0.25, -0.2) is 9.37 Å². The van der Waals surface area contributed by atoms with Crippen LogP contribution in [0.3, 0.4) is 0 Å². The number of nitrogens with zero attached hydrogens (tertiary/aromatic N) is 2. The molecule has 0 aliphatic carbocycles. The van der Waals surface area contributed by atoms with E-state index in [9.17, 15) is 4.39 Å². The Morgan fingerprint density at radius 3 is 2.65 bits per heavy atom. The molecule has 0 spiro atoms. The van der Waals surface area contributed by atoms with Gasteiger partial charge in [-0.1, -0.05) is 43.3 Å². The van der Waals surface area contributed by atoms with E-state index in [1.807, 2.05) is 6.07 Å². The summed E-state index contributed by atoms with van der Waals surface area (Å²) in [6.45, 7) is 9.01. The zero-order valence-corrected chi connectivity index (χ0v) is 20.8. The first kappa shape index (κ1) is 24.2. The van der Waals surface area contributed by atoms with Crippen LogP contribution in [0.1, 0.15) is 46.6 Å². The number of pyridine rings is 1. The lowest BCUT2D eigenvalue weighted by Gasteiger charge is -2.31. The average molecular weight is 479 g/mol. The Morgan fingerprint density at radius 1 is 1.09 bits per heavy atom. The third-order valence-electron chi connectivity index (χ3n) is 6.87. The quantitative estimate of drug-likeness (QED) is 0.347. The second-order valence-electron chi connectivity index (χ2n) is 9.05. The van der Waals surface area contributed by atoms with Crippen molar-refractivity contribution in [1.82, 2.24) is 15.3 Å². The average Bonchev–Trinajstić information content (AvgIpc) is 3.11. The third kappa shape index (κ3) is 4.68. The number of aryl methyl sites for hydroxylation is 2. The number of hydrogen-bond acceptors (Lipinski definition) is 3. The van der Waals surface area contributed by atoms with Crippen LogP contribution in [0.25, 0.3) is 10.9 Å². The van der Waals surface area contributed by atoms with E-state index in [0.717, 1.165) is 48.6 Å². The highest BCUT2D eigenvalue weighted by Gasteiger charge is 2.24. The van der Waals surface area contributed by atoms with Gasteiger partial charge in [0.1, 0.15) is 5.82 Å². The number of halogens is 2. The summed E-state index contributed by atoms with van der Waals surface area (Å²) in [5.74, 6) is 0.811. The largest absolute Gasteiger partial charge is 0.355 e. The maximum atomic E-state index is 13.9. The highest BCUT2D eigenvalue weighted by atomic mass is 35.5. The summed E-state index contributed by atoms with van der Waals surface area (Å²) >= 11 is 0. The highest BCUT2D eigenvalue weighted by molar-refractivity contribution is 5.93. The Kier molecular flexibility index (Phi) is 7.24.